The molecule has 9 nitrogen and oxygen atoms in total. The van der Waals surface area contributed by atoms with E-state index in [1.807, 2.05) is 0 Å². The zero-order chi connectivity index (χ0) is 23.0. The number of benzene rings is 2. The van der Waals surface area contributed by atoms with Crippen LogP contribution in [0.25, 0.3) is 0 Å². The van der Waals surface area contributed by atoms with Gasteiger partial charge in [0.2, 0.25) is 0 Å². The molecule has 0 fully saturated rings. The summed E-state index contributed by atoms with van der Waals surface area (Å²) in [5.74, 6) is -2.26. The third-order valence-corrected chi connectivity index (χ3v) is 3.82. The van der Waals surface area contributed by atoms with E-state index >= 15 is 0 Å². The van der Waals surface area contributed by atoms with Gasteiger partial charge in [-0.3, -0.25) is 9.59 Å². The Bertz CT molecular complexity index is 925. The van der Waals surface area contributed by atoms with Crippen LogP contribution in [0.5, 0.6) is 0 Å². The molecular weight excluding hydrogens is 402 g/mol. The lowest BCUT2D eigenvalue weighted by atomic mass is 10.1. The van der Waals surface area contributed by atoms with Gasteiger partial charge >= 0.3 is 18.1 Å². The van der Waals surface area contributed by atoms with Crippen molar-refractivity contribution in [3.05, 3.63) is 60.7 Å². The number of para-hydroxylation sites is 2. The molecule has 0 aromatic heterocycles. The number of carboxylic acid groups (broad SMARTS) is 1. The van der Waals surface area contributed by atoms with Crippen LogP contribution in [0.3, 0.4) is 0 Å². The van der Waals surface area contributed by atoms with Crippen molar-refractivity contribution in [1.29, 1.82) is 0 Å². The molecule has 3 N–H and O–H groups in total. The van der Waals surface area contributed by atoms with Gasteiger partial charge < -0.3 is 20.5 Å². The summed E-state index contributed by atoms with van der Waals surface area (Å²) in [5.41, 5.74) is -0.263. The number of carboxylic acids is 1. The first-order chi connectivity index (χ1) is 14.6. The SMILES string of the molecule is CC(C)(C)OC(=O)N(C(=O)C(CC(=O)O)NC(=O)Nc1ccccc1)c1ccccc1. The first-order valence-corrected chi connectivity index (χ1v) is 9.53. The number of ether oxygens (including phenoxy) is 1. The van der Waals surface area contributed by atoms with E-state index in [0.717, 1.165) is 4.90 Å². The Balaban J connectivity index is 2.30. The van der Waals surface area contributed by atoms with Crippen LogP contribution in [0.1, 0.15) is 27.2 Å². The molecule has 0 spiro atoms. The zero-order valence-electron chi connectivity index (χ0n) is 17.5. The molecule has 1 unspecified atom stereocenters. The van der Waals surface area contributed by atoms with E-state index in [2.05, 4.69) is 10.6 Å². The number of urea groups is 1. The minimum atomic E-state index is -1.52. The number of anilines is 2. The third-order valence-electron chi connectivity index (χ3n) is 3.82. The number of amides is 4. The predicted octanol–water partition coefficient (Wildman–Crippen LogP) is 3.62. The van der Waals surface area contributed by atoms with Crippen molar-refractivity contribution in [2.24, 2.45) is 0 Å². The summed E-state index contributed by atoms with van der Waals surface area (Å²) < 4.78 is 5.32. The first-order valence-electron chi connectivity index (χ1n) is 9.53. The number of nitrogens with one attached hydrogen (secondary N) is 2. The van der Waals surface area contributed by atoms with Crippen molar-refractivity contribution in [2.45, 2.75) is 38.8 Å². The standard InChI is InChI=1S/C22H25N3O6/c1-22(2,3)31-21(30)25(16-12-8-5-9-13-16)19(28)17(14-18(26)27)24-20(29)23-15-10-6-4-7-11-15/h4-13,17H,14H2,1-3H3,(H,26,27)(H2,23,24,29). The van der Waals surface area contributed by atoms with Crippen LogP contribution in [-0.4, -0.2) is 40.8 Å². The Labute approximate surface area is 180 Å². The maximum Gasteiger partial charge on any atom is 0.421 e. The van der Waals surface area contributed by atoms with E-state index in [-0.39, 0.29) is 5.69 Å². The number of hydrogen-bond donors (Lipinski definition) is 3. The van der Waals surface area contributed by atoms with Crippen LogP contribution >= 0.6 is 0 Å². The zero-order valence-corrected chi connectivity index (χ0v) is 17.5. The second-order valence-corrected chi connectivity index (χ2v) is 7.60. The highest BCUT2D eigenvalue weighted by atomic mass is 16.6. The average molecular weight is 427 g/mol. The van der Waals surface area contributed by atoms with Gasteiger partial charge in [0.25, 0.3) is 5.91 Å². The van der Waals surface area contributed by atoms with Gasteiger partial charge in [0.05, 0.1) is 12.1 Å². The Morgan fingerprint density at radius 3 is 2.03 bits per heavy atom. The number of carbonyl (C=O) groups is 4. The van der Waals surface area contributed by atoms with E-state index < -0.39 is 42.1 Å². The van der Waals surface area contributed by atoms with Crippen molar-refractivity contribution < 1.29 is 29.0 Å². The van der Waals surface area contributed by atoms with Crippen LogP contribution in [0.2, 0.25) is 0 Å². The highest BCUT2D eigenvalue weighted by Crippen LogP contribution is 2.20. The molecule has 0 bridgehead atoms. The second kappa shape index (κ2) is 10.2. The summed E-state index contributed by atoms with van der Waals surface area (Å²) in [5, 5.41) is 14.1. The normalized spacial score (nSPS) is 11.7. The van der Waals surface area contributed by atoms with Gasteiger partial charge in [-0.15, -0.1) is 0 Å². The lowest BCUT2D eigenvalue weighted by molar-refractivity contribution is -0.139. The maximum atomic E-state index is 13.2. The lowest BCUT2D eigenvalue weighted by Crippen LogP contribution is -2.53. The molecule has 0 aliphatic heterocycles. The van der Waals surface area contributed by atoms with Gasteiger partial charge in [0, 0.05) is 5.69 Å². The molecule has 31 heavy (non-hydrogen) atoms. The largest absolute Gasteiger partial charge is 0.481 e. The lowest BCUT2D eigenvalue weighted by Gasteiger charge is -2.28. The average Bonchev–Trinajstić information content (AvgIpc) is 2.67. The summed E-state index contributed by atoms with van der Waals surface area (Å²) in [6.07, 6.45) is -1.71. The molecule has 0 aliphatic rings. The number of carbonyl (C=O) groups excluding carboxylic acids is 3. The molecule has 1 atom stereocenters. The van der Waals surface area contributed by atoms with Crippen LogP contribution in [-0.2, 0) is 14.3 Å². The fraction of sp³-hybridized carbons (Fsp3) is 0.273. The molecule has 0 radical (unpaired) electrons. The molecule has 0 saturated carbocycles. The molecular formula is C22H25N3O6. The van der Waals surface area contributed by atoms with Gasteiger partial charge in [0.15, 0.2) is 0 Å². The number of imide groups is 1. The van der Waals surface area contributed by atoms with E-state index in [1.54, 1.807) is 69.3 Å². The Kier molecular flexibility index (Phi) is 7.73. The van der Waals surface area contributed by atoms with Gasteiger partial charge in [-0.2, -0.15) is 0 Å². The van der Waals surface area contributed by atoms with E-state index in [0.29, 0.717) is 5.69 Å². The number of aliphatic carboxylic acids is 1. The Morgan fingerprint density at radius 1 is 0.968 bits per heavy atom. The van der Waals surface area contributed by atoms with Crippen LogP contribution < -0.4 is 15.5 Å². The van der Waals surface area contributed by atoms with Crippen LogP contribution in [0.15, 0.2) is 60.7 Å². The molecule has 2 rings (SSSR count). The number of hydrogen-bond acceptors (Lipinski definition) is 5. The molecule has 0 aliphatic carbocycles. The van der Waals surface area contributed by atoms with E-state index in [1.165, 1.54) is 12.1 Å². The monoisotopic (exact) mass is 427 g/mol. The summed E-state index contributed by atoms with van der Waals surface area (Å²) >= 11 is 0. The van der Waals surface area contributed by atoms with Gasteiger partial charge in [-0.05, 0) is 45.0 Å². The van der Waals surface area contributed by atoms with Gasteiger partial charge in [-0.1, -0.05) is 36.4 Å². The van der Waals surface area contributed by atoms with Gasteiger partial charge in [0.1, 0.15) is 11.6 Å². The minimum Gasteiger partial charge on any atom is -0.481 e. The van der Waals surface area contributed by atoms with Crippen LogP contribution in [0, 0.1) is 0 Å². The second-order valence-electron chi connectivity index (χ2n) is 7.60. The molecule has 2 aromatic carbocycles. The quantitative estimate of drug-likeness (QED) is 0.647. The van der Waals surface area contributed by atoms with Gasteiger partial charge in [-0.25, -0.2) is 14.5 Å². The number of rotatable bonds is 6. The fourth-order valence-corrected chi connectivity index (χ4v) is 2.58. The van der Waals surface area contributed by atoms with Crippen molar-refractivity contribution in [2.75, 3.05) is 10.2 Å². The summed E-state index contributed by atoms with van der Waals surface area (Å²) in [6, 6.07) is 14.0. The molecule has 2 aromatic rings. The summed E-state index contributed by atoms with van der Waals surface area (Å²) in [4.78, 5) is 50.4. The molecule has 0 saturated heterocycles. The minimum absolute atomic E-state index is 0.183. The summed E-state index contributed by atoms with van der Waals surface area (Å²) in [6.45, 7) is 4.91. The predicted molar refractivity (Wildman–Crippen MR) is 115 cm³/mol. The maximum absolute atomic E-state index is 13.2. The smallest absolute Gasteiger partial charge is 0.421 e. The van der Waals surface area contributed by atoms with Crippen molar-refractivity contribution in [1.82, 2.24) is 5.32 Å². The van der Waals surface area contributed by atoms with Crippen molar-refractivity contribution in [3.63, 3.8) is 0 Å². The third kappa shape index (κ3) is 7.46. The summed E-state index contributed by atoms with van der Waals surface area (Å²) in [7, 11) is 0. The number of nitrogens with zero attached hydrogens (tertiary/aromatic N) is 1. The Morgan fingerprint density at radius 2 is 1.52 bits per heavy atom. The molecule has 4 amide bonds. The molecule has 9 heteroatoms. The fourth-order valence-electron chi connectivity index (χ4n) is 2.58. The topological polar surface area (TPSA) is 125 Å². The van der Waals surface area contributed by atoms with E-state index in [4.69, 9.17) is 4.74 Å². The molecule has 0 heterocycles. The highest BCUT2D eigenvalue weighted by molar-refractivity contribution is 6.15. The highest BCUT2D eigenvalue weighted by Gasteiger charge is 2.35. The molecule has 164 valence electrons. The van der Waals surface area contributed by atoms with E-state index in [9.17, 15) is 24.3 Å². The first kappa shape index (κ1) is 23.4. The Hall–Kier alpha value is -3.88. The van der Waals surface area contributed by atoms with Crippen molar-refractivity contribution >= 4 is 35.4 Å². The van der Waals surface area contributed by atoms with Crippen LogP contribution in [0.4, 0.5) is 21.0 Å². The van der Waals surface area contributed by atoms with Crippen molar-refractivity contribution in [3.8, 4) is 0 Å².